The van der Waals surface area contributed by atoms with Crippen molar-refractivity contribution in [2.24, 2.45) is 0 Å². The number of hydrogen-bond acceptors (Lipinski definition) is 3. The second kappa shape index (κ2) is 6.13. The molecule has 1 fully saturated rings. The Morgan fingerprint density at radius 2 is 1.76 bits per heavy atom. The van der Waals surface area contributed by atoms with Crippen molar-refractivity contribution in [2.75, 3.05) is 20.8 Å². The first-order chi connectivity index (χ1) is 9.86. The molecule has 1 heterocycles. The van der Waals surface area contributed by atoms with E-state index in [-0.39, 0.29) is 17.4 Å². The van der Waals surface area contributed by atoms with E-state index in [9.17, 15) is 13.2 Å². The Morgan fingerprint density at radius 3 is 2.24 bits per heavy atom. The van der Waals surface area contributed by atoms with E-state index < -0.39 is 11.7 Å². The summed E-state index contributed by atoms with van der Waals surface area (Å²) in [5.74, 6) is 0.244. The molecule has 6 heteroatoms. The molecule has 1 aliphatic rings. The number of nitrogens with one attached hydrogen (secondary N) is 1. The normalized spacial score (nSPS) is 23.0. The van der Waals surface area contributed by atoms with E-state index in [0.717, 1.165) is 31.0 Å². The Kier molecular flexibility index (Phi) is 4.66. The van der Waals surface area contributed by atoms with Crippen LogP contribution in [0.1, 0.15) is 36.8 Å². The van der Waals surface area contributed by atoms with Gasteiger partial charge in [0.05, 0.1) is 14.2 Å². The third kappa shape index (κ3) is 3.43. The largest absolute Gasteiger partial charge is 0.496 e. The average molecular weight is 303 g/mol. The fourth-order valence-corrected chi connectivity index (χ4v) is 2.73. The molecular weight excluding hydrogens is 283 g/mol. The van der Waals surface area contributed by atoms with Crippen LogP contribution in [0.15, 0.2) is 12.1 Å². The van der Waals surface area contributed by atoms with Gasteiger partial charge >= 0.3 is 6.18 Å². The lowest BCUT2D eigenvalue weighted by atomic mass is 9.87. The molecular formula is C15H20F3NO2. The molecule has 0 radical (unpaired) electrons. The first-order valence-corrected chi connectivity index (χ1v) is 6.93. The third-order valence-corrected chi connectivity index (χ3v) is 3.96. The van der Waals surface area contributed by atoms with Crippen LogP contribution in [0.2, 0.25) is 0 Å². The molecule has 1 N–H and O–H groups in total. The van der Waals surface area contributed by atoms with Crippen molar-refractivity contribution in [2.45, 2.75) is 37.9 Å². The van der Waals surface area contributed by atoms with Crippen molar-refractivity contribution in [1.82, 2.24) is 5.32 Å². The van der Waals surface area contributed by atoms with Crippen molar-refractivity contribution in [3.63, 3.8) is 0 Å². The molecule has 1 saturated heterocycles. The highest BCUT2D eigenvalue weighted by Gasteiger charge is 2.36. The van der Waals surface area contributed by atoms with Gasteiger partial charge in [-0.25, -0.2) is 0 Å². The minimum absolute atomic E-state index is 0.132. The summed E-state index contributed by atoms with van der Waals surface area (Å²) >= 11 is 0. The van der Waals surface area contributed by atoms with Gasteiger partial charge in [-0.2, -0.15) is 13.2 Å². The van der Waals surface area contributed by atoms with Gasteiger partial charge in [-0.3, -0.25) is 0 Å². The van der Waals surface area contributed by atoms with Crippen molar-refractivity contribution >= 4 is 0 Å². The summed E-state index contributed by atoms with van der Waals surface area (Å²) in [4.78, 5) is 0. The highest BCUT2D eigenvalue weighted by Crippen LogP contribution is 2.43. The fourth-order valence-electron chi connectivity index (χ4n) is 2.73. The highest BCUT2D eigenvalue weighted by molar-refractivity contribution is 5.49. The van der Waals surface area contributed by atoms with Crippen LogP contribution in [-0.2, 0) is 6.18 Å². The van der Waals surface area contributed by atoms with Gasteiger partial charge in [0.2, 0.25) is 0 Å². The lowest BCUT2D eigenvalue weighted by molar-refractivity contribution is -0.138. The molecule has 0 amide bonds. The van der Waals surface area contributed by atoms with E-state index in [0.29, 0.717) is 6.04 Å². The van der Waals surface area contributed by atoms with Gasteiger partial charge in [-0.15, -0.1) is 0 Å². The average Bonchev–Trinajstić information content (AvgIpc) is 2.45. The Balaban J connectivity index is 2.42. The number of ether oxygens (including phenoxy) is 2. The van der Waals surface area contributed by atoms with Crippen LogP contribution in [0.25, 0.3) is 0 Å². The number of piperidine rings is 1. The van der Waals surface area contributed by atoms with Crippen molar-refractivity contribution < 1.29 is 22.6 Å². The maximum atomic E-state index is 13.0. The monoisotopic (exact) mass is 303 g/mol. The Hall–Kier alpha value is -1.43. The molecule has 0 saturated carbocycles. The van der Waals surface area contributed by atoms with Crippen LogP contribution < -0.4 is 14.8 Å². The van der Waals surface area contributed by atoms with Gasteiger partial charge in [0, 0.05) is 24.1 Å². The molecule has 1 aliphatic heterocycles. The number of alkyl halides is 3. The van der Waals surface area contributed by atoms with Crippen LogP contribution in [0.4, 0.5) is 13.2 Å². The van der Waals surface area contributed by atoms with Gasteiger partial charge in [-0.05, 0) is 31.9 Å². The predicted octanol–water partition coefficient (Wildman–Crippen LogP) is 3.58. The molecule has 0 spiro atoms. The molecule has 0 aromatic heterocycles. The van der Waals surface area contributed by atoms with Gasteiger partial charge in [0.15, 0.2) is 0 Å². The summed E-state index contributed by atoms with van der Waals surface area (Å²) in [6.07, 6.45) is -2.56. The van der Waals surface area contributed by atoms with Crippen LogP contribution >= 0.6 is 0 Å². The molecule has 1 aromatic carbocycles. The maximum absolute atomic E-state index is 13.0. The summed E-state index contributed by atoms with van der Waals surface area (Å²) in [7, 11) is 2.65. The first kappa shape index (κ1) is 15.9. The summed E-state index contributed by atoms with van der Waals surface area (Å²) in [5, 5.41) is 3.35. The lowest BCUT2D eigenvalue weighted by Crippen LogP contribution is -2.35. The summed E-state index contributed by atoms with van der Waals surface area (Å²) in [6.45, 7) is 2.83. The minimum atomic E-state index is -4.46. The molecule has 1 aromatic rings. The third-order valence-electron chi connectivity index (χ3n) is 3.96. The van der Waals surface area contributed by atoms with Gasteiger partial charge in [0.1, 0.15) is 17.1 Å². The van der Waals surface area contributed by atoms with Gasteiger partial charge in [-0.1, -0.05) is 0 Å². The SMILES string of the molecule is COc1cc(C(F)(F)F)c(OC)cc1[C@H]1CC[C@H](C)NC1. The zero-order chi connectivity index (χ0) is 15.6. The van der Waals surface area contributed by atoms with Crippen LogP contribution in [0.5, 0.6) is 11.5 Å². The minimum Gasteiger partial charge on any atom is -0.496 e. The molecule has 2 rings (SSSR count). The summed E-state index contributed by atoms with van der Waals surface area (Å²) < 4.78 is 49.2. The second-order valence-electron chi connectivity index (χ2n) is 5.38. The van der Waals surface area contributed by atoms with Crippen LogP contribution in [0, 0.1) is 0 Å². The molecule has 2 atom stereocenters. The van der Waals surface area contributed by atoms with Crippen LogP contribution in [0.3, 0.4) is 0 Å². The predicted molar refractivity (Wildman–Crippen MR) is 74.0 cm³/mol. The first-order valence-electron chi connectivity index (χ1n) is 6.93. The second-order valence-corrected chi connectivity index (χ2v) is 5.38. The molecule has 3 nitrogen and oxygen atoms in total. The molecule has 118 valence electrons. The smallest absolute Gasteiger partial charge is 0.420 e. The molecule has 21 heavy (non-hydrogen) atoms. The number of methoxy groups -OCH3 is 2. The van der Waals surface area contributed by atoms with E-state index in [1.165, 1.54) is 20.3 Å². The topological polar surface area (TPSA) is 30.5 Å². The highest BCUT2D eigenvalue weighted by atomic mass is 19.4. The molecule has 0 unspecified atom stereocenters. The number of benzene rings is 1. The Labute approximate surface area is 122 Å². The Morgan fingerprint density at radius 1 is 1.10 bits per heavy atom. The number of halogens is 3. The van der Waals surface area contributed by atoms with Crippen molar-refractivity contribution in [3.8, 4) is 11.5 Å². The molecule has 0 aliphatic carbocycles. The number of rotatable bonds is 3. The van der Waals surface area contributed by atoms with E-state index >= 15 is 0 Å². The summed E-state index contributed by atoms with van der Waals surface area (Å²) in [5.41, 5.74) is -0.0375. The zero-order valence-corrected chi connectivity index (χ0v) is 12.4. The van der Waals surface area contributed by atoms with Crippen molar-refractivity contribution in [1.29, 1.82) is 0 Å². The van der Waals surface area contributed by atoms with E-state index in [2.05, 4.69) is 12.2 Å². The maximum Gasteiger partial charge on any atom is 0.420 e. The van der Waals surface area contributed by atoms with Crippen molar-refractivity contribution in [3.05, 3.63) is 23.3 Å². The van der Waals surface area contributed by atoms with Gasteiger partial charge in [0.25, 0.3) is 0 Å². The number of hydrogen-bond donors (Lipinski definition) is 1. The summed E-state index contributed by atoms with van der Waals surface area (Å²) in [6, 6.07) is 2.93. The fraction of sp³-hybridized carbons (Fsp3) is 0.600. The zero-order valence-electron chi connectivity index (χ0n) is 12.4. The lowest BCUT2D eigenvalue weighted by Gasteiger charge is -2.29. The molecule has 0 bridgehead atoms. The standard InChI is InChI=1S/C15H20F3NO2/c1-9-4-5-10(8-19-9)11-6-14(21-3)12(15(16,17)18)7-13(11)20-2/h6-7,9-10,19H,4-5,8H2,1-3H3/t9-,10-/m0/s1. The van der Waals surface area contributed by atoms with E-state index in [1.807, 2.05) is 0 Å². The van der Waals surface area contributed by atoms with E-state index in [1.54, 1.807) is 0 Å². The van der Waals surface area contributed by atoms with Gasteiger partial charge < -0.3 is 14.8 Å². The Bertz CT molecular complexity index is 494. The van der Waals surface area contributed by atoms with E-state index in [4.69, 9.17) is 9.47 Å². The van der Waals surface area contributed by atoms with Crippen LogP contribution in [-0.4, -0.2) is 26.8 Å². The quantitative estimate of drug-likeness (QED) is 0.926.